The number of imidazole rings is 1. The first-order valence-electron chi connectivity index (χ1n) is 11.8. The van der Waals surface area contributed by atoms with E-state index in [1.807, 2.05) is 0 Å². The number of nitrogens with two attached hydrogens (primary N) is 2. The number of rotatable bonds is 8. The van der Waals surface area contributed by atoms with E-state index in [1.165, 1.54) is 4.68 Å². The molecule has 1 saturated carbocycles. The average Bonchev–Trinajstić information content (AvgIpc) is 3.04. The minimum absolute atomic E-state index is 0.0877. The molecule has 12 nitrogen and oxygen atoms in total. The quantitative estimate of drug-likeness (QED) is 0.173. The van der Waals surface area contributed by atoms with Crippen molar-refractivity contribution in [2.24, 2.45) is 17.8 Å². The van der Waals surface area contributed by atoms with Gasteiger partial charge in [0.1, 0.15) is 23.4 Å². The maximum atomic E-state index is 13.8. The van der Waals surface area contributed by atoms with E-state index in [1.54, 1.807) is 13.8 Å². The summed E-state index contributed by atoms with van der Waals surface area (Å²) < 4.78 is 35.3. The highest BCUT2D eigenvalue weighted by atomic mass is 32.2. The van der Waals surface area contributed by atoms with Gasteiger partial charge in [0.05, 0.1) is 16.3 Å². The first kappa shape index (κ1) is 27.2. The summed E-state index contributed by atoms with van der Waals surface area (Å²) in [6.07, 6.45) is 2.30. The second kappa shape index (κ2) is 10.3. The summed E-state index contributed by atoms with van der Waals surface area (Å²) in [4.78, 5) is 27.5. The van der Waals surface area contributed by atoms with Crippen molar-refractivity contribution < 1.29 is 22.9 Å². The predicted molar refractivity (Wildman–Crippen MR) is 135 cm³/mol. The van der Waals surface area contributed by atoms with Crippen molar-refractivity contribution in [2.75, 3.05) is 22.4 Å². The number of esters is 1. The standard InChI is InChI=1S/C23H34N6O6S/c1-13(2)18-8-6-14(3)10-20(18)35-22(30)12-27(23-15(4)28(25)16(5)26-23)36(33,34)21-11-17(29(31)32)7-9-19(21)24/h7,9,11,13-14,18,20H,6,8,10,12,24-25H2,1-5H3/t14-,18-,20+/m0/s1. The third kappa shape index (κ3) is 5.40. The van der Waals surface area contributed by atoms with E-state index >= 15 is 0 Å². The van der Waals surface area contributed by atoms with Crippen LogP contribution in [-0.2, 0) is 19.6 Å². The van der Waals surface area contributed by atoms with Gasteiger partial charge in [0.25, 0.3) is 15.7 Å². The molecule has 0 unspecified atom stereocenters. The number of hydrogen-bond acceptors (Lipinski definition) is 9. The number of sulfonamides is 1. The van der Waals surface area contributed by atoms with Gasteiger partial charge in [-0.15, -0.1) is 0 Å². The predicted octanol–water partition coefficient (Wildman–Crippen LogP) is 2.90. The minimum Gasteiger partial charge on any atom is -0.461 e. The summed E-state index contributed by atoms with van der Waals surface area (Å²) in [6.45, 7) is 8.68. The monoisotopic (exact) mass is 522 g/mol. The van der Waals surface area contributed by atoms with Crippen molar-refractivity contribution in [3.8, 4) is 0 Å². The summed E-state index contributed by atoms with van der Waals surface area (Å²) in [5.74, 6) is 6.26. The first-order chi connectivity index (χ1) is 16.7. The Morgan fingerprint density at radius 3 is 2.56 bits per heavy atom. The number of aryl methyl sites for hydroxylation is 1. The Balaban J connectivity index is 2.02. The molecule has 198 valence electrons. The SMILES string of the molecule is Cc1nc(N(CC(=O)O[C@@H]2C[C@@H](C)CC[C@H]2C(C)C)S(=O)(=O)c2cc([N+](=O)[O-])ccc2N)c(C)n1N. The highest BCUT2D eigenvalue weighted by molar-refractivity contribution is 7.93. The first-order valence-corrected chi connectivity index (χ1v) is 13.2. The van der Waals surface area contributed by atoms with Crippen LogP contribution in [0.15, 0.2) is 23.1 Å². The molecule has 0 bridgehead atoms. The molecule has 1 heterocycles. The molecule has 0 aliphatic heterocycles. The zero-order valence-electron chi connectivity index (χ0n) is 21.2. The van der Waals surface area contributed by atoms with Crippen molar-refractivity contribution in [1.82, 2.24) is 9.66 Å². The van der Waals surface area contributed by atoms with E-state index in [0.29, 0.717) is 18.2 Å². The Bertz CT molecular complexity index is 1260. The molecule has 0 amide bonds. The zero-order chi connectivity index (χ0) is 26.9. The molecule has 0 saturated heterocycles. The van der Waals surface area contributed by atoms with Crippen molar-refractivity contribution >= 4 is 33.2 Å². The van der Waals surface area contributed by atoms with Crippen LogP contribution in [0.1, 0.15) is 51.6 Å². The van der Waals surface area contributed by atoms with Crippen LogP contribution in [0.25, 0.3) is 0 Å². The molecule has 3 atom stereocenters. The largest absolute Gasteiger partial charge is 0.461 e. The van der Waals surface area contributed by atoms with Crippen LogP contribution >= 0.6 is 0 Å². The van der Waals surface area contributed by atoms with Gasteiger partial charge in [-0.05, 0) is 50.5 Å². The molecule has 2 aromatic rings. The molecular weight excluding hydrogens is 488 g/mol. The number of nitrogens with zero attached hydrogens (tertiary/aromatic N) is 4. The van der Waals surface area contributed by atoms with Gasteiger partial charge in [-0.1, -0.05) is 27.2 Å². The fourth-order valence-electron chi connectivity index (χ4n) is 4.70. The van der Waals surface area contributed by atoms with Crippen molar-refractivity contribution in [2.45, 2.75) is 64.9 Å². The summed E-state index contributed by atoms with van der Waals surface area (Å²) in [5.41, 5.74) is 5.53. The van der Waals surface area contributed by atoms with Crippen molar-refractivity contribution in [3.63, 3.8) is 0 Å². The number of benzene rings is 1. The van der Waals surface area contributed by atoms with Gasteiger partial charge >= 0.3 is 5.97 Å². The van der Waals surface area contributed by atoms with E-state index in [2.05, 4.69) is 25.8 Å². The van der Waals surface area contributed by atoms with Crippen LogP contribution in [0.3, 0.4) is 0 Å². The van der Waals surface area contributed by atoms with Gasteiger partial charge in [-0.2, -0.15) is 0 Å². The number of ether oxygens (including phenoxy) is 1. The fourth-order valence-corrected chi connectivity index (χ4v) is 6.25. The summed E-state index contributed by atoms with van der Waals surface area (Å²) in [5, 5.41) is 11.3. The summed E-state index contributed by atoms with van der Waals surface area (Å²) in [7, 11) is -4.57. The molecule has 1 aromatic heterocycles. The number of carbonyl (C=O) groups is 1. The molecule has 1 aliphatic rings. The normalized spacial score (nSPS) is 20.3. The van der Waals surface area contributed by atoms with Gasteiger partial charge in [0, 0.05) is 12.1 Å². The van der Waals surface area contributed by atoms with Crippen LogP contribution in [-0.4, -0.2) is 41.6 Å². The molecule has 1 aromatic carbocycles. The number of nitrogen functional groups attached to an aromatic ring is 2. The molecule has 3 rings (SSSR count). The van der Waals surface area contributed by atoms with E-state index < -0.39 is 38.0 Å². The Hall–Kier alpha value is -3.35. The second-order valence-electron chi connectivity index (χ2n) is 9.78. The van der Waals surface area contributed by atoms with E-state index in [0.717, 1.165) is 35.3 Å². The summed E-state index contributed by atoms with van der Waals surface area (Å²) in [6, 6.07) is 3.10. The van der Waals surface area contributed by atoms with Crippen LogP contribution in [0, 0.1) is 41.7 Å². The molecule has 4 N–H and O–H groups in total. The number of anilines is 2. The number of carbonyl (C=O) groups excluding carboxylic acids is 1. The highest BCUT2D eigenvalue weighted by Gasteiger charge is 2.37. The van der Waals surface area contributed by atoms with Gasteiger partial charge in [-0.25, -0.2) is 22.4 Å². The Labute approximate surface area is 210 Å². The van der Waals surface area contributed by atoms with Crippen molar-refractivity contribution in [3.05, 3.63) is 39.8 Å². The van der Waals surface area contributed by atoms with E-state index in [9.17, 15) is 23.3 Å². The molecule has 1 aliphatic carbocycles. The second-order valence-corrected chi connectivity index (χ2v) is 11.6. The fraction of sp³-hybridized carbons (Fsp3) is 0.565. The number of aromatic nitrogens is 2. The smallest absolute Gasteiger partial charge is 0.327 e. The third-order valence-corrected chi connectivity index (χ3v) is 8.62. The van der Waals surface area contributed by atoms with Crippen LogP contribution in [0.2, 0.25) is 0 Å². The van der Waals surface area contributed by atoms with Crippen LogP contribution in [0.4, 0.5) is 17.2 Å². The lowest BCUT2D eigenvalue weighted by molar-refractivity contribution is -0.385. The molecule has 0 spiro atoms. The molecule has 13 heteroatoms. The van der Waals surface area contributed by atoms with E-state index in [-0.39, 0.29) is 35.1 Å². The molecule has 0 radical (unpaired) electrons. The lowest BCUT2D eigenvalue weighted by atomic mass is 9.75. The van der Waals surface area contributed by atoms with Gasteiger partial charge in [0.15, 0.2) is 5.82 Å². The average molecular weight is 523 g/mol. The van der Waals surface area contributed by atoms with E-state index in [4.69, 9.17) is 16.3 Å². The van der Waals surface area contributed by atoms with Crippen LogP contribution < -0.4 is 15.9 Å². The molecule has 36 heavy (non-hydrogen) atoms. The zero-order valence-corrected chi connectivity index (χ0v) is 22.0. The van der Waals surface area contributed by atoms with Gasteiger partial charge < -0.3 is 16.3 Å². The highest BCUT2D eigenvalue weighted by Crippen LogP contribution is 2.36. The number of hydrogen-bond donors (Lipinski definition) is 2. The Morgan fingerprint density at radius 2 is 2.00 bits per heavy atom. The number of nitro benzene ring substituents is 1. The topological polar surface area (TPSA) is 177 Å². The molecular formula is C23H34N6O6S. The van der Waals surface area contributed by atoms with Gasteiger partial charge in [-0.3, -0.25) is 14.9 Å². The molecule has 1 fully saturated rings. The third-order valence-electron chi connectivity index (χ3n) is 6.83. The lowest BCUT2D eigenvalue weighted by Gasteiger charge is -2.37. The minimum atomic E-state index is -4.57. The Kier molecular flexibility index (Phi) is 7.82. The Morgan fingerprint density at radius 1 is 1.33 bits per heavy atom. The maximum absolute atomic E-state index is 13.8. The van der Waals surface area contributed by atoms with Crippen molar-refractivity contribution in [1.29, 1.82) is 0 Å². The number of non-ortho nitro benzene ring substituents is 1. The maximum Gasteiger partial charge on any atom is 0.327 e. The lowest BCUT2D eigenvalue weighted by Crippen LogP contribution is -2.41. The van der Waals surface area contributed by atoms with Crippen LogP contribution in [0.5, 0.6) is 0 Å². The van der Waals surface area contributed by atoms with Gasteiger partial charge in [0.2, 0.25) is 0 Å². The number of nitro groups is 1. The summed E-state index contributed by atoms with van der Waals surface area (Å²) >= 11 is 0.